The van der Waals surface area contributed by atoms with Gasteiger partial charge in [-0.25, -0.2) is 0 Å². The van der Waals surface area contributed by atoms with Crippen LogP contribution in [0.4, 0.5) is 0 Å². The molecule has 1 aromatic carbocycles. The number of ether oxygens (including phenoxy) is 1. The average Bonchev–Trinajstić information content (AvgIpc) is 2.73. The Bertz CT molecular complexity index is 557. The zero-order valence-electron chi connectivity index (χ0n) is 9.60. The van der Waals surface area contributed by atoms with Gasteiger partial charge in [0, 0.05) is 17.6 Å². The molecule has 2 rings (SSSR count). The lowest BCUT2D eigenvalue weighted by molar-refractivity contribution is 0.257. The van der Waals surface area contributed by atoms with E-state index in [0.717, 1.165) is 0 Å². The lowest BCUT2D eigenvalue weighted by Gasteiger charge is -2.11. The average molecular weight is 288 g/mol. The minimum Gasteiger partial charge on any atom is -0.485 e. The Morgan fingerprint density at radius 3 is 2.78 bits per heavy atom. The monoisotopic (exact) mass is 287 g/mol. The van der Waals surface area contributed by atoms with Gasteiger partial charge in [0.15, 0.2) is 0 Å². The molecule has 0 amide bonds. The highest BCUT2D eigenvalue weighted by Crippen LogP contribution is 2.32. The van der Waals surface area contributed by atoms with Crippen molar-refractivity contribution in [2.45, 2.75) is 13.2 Å². The molecule has 18 heavy (non-hydrogen) atoms. The second-order valence-electron chi connectivity index (χ2n) is 3.71. The fourth-order valence-corrected chi connectivity index (χ4v) is 2.09. The second kappa shape index (κ2) is 5.56. The molecule has 0 saturated carbocycles. The lowest BCUT2D eigenvalue weighted by atomic mass is 10.2. The number of halogens is 2. The third kappa shape index (κ3) is 2.93. The molecule has 0 radical (unpaired) electrons. The van der Waals surface area contributed by atoms with E-state index in [1.807, 2.05) is 0 Å². The zero-order valence-corrected chi connectivity index (χ0v) is 11.1. The summed E-state index contributed by atoms with van der Waals surface area (Å²) in [5.74, 6) is 0.411. The fourth-order valence-electron chi connectivity index (χ4n) is 1.50. The van der Waals surface area contributed by atoms with Crippen LogP contribution < -0.4 is 4.74 Å². The first kappa shape index (κ1) is 13.1. The van der Waals surface area contributed by atoms with Crippen LogP contribution in [0.5, 0.6) is 5.75 Å². The summed E-state index contributed by atoms with van der Waals surface area (Å²) in [7, 11) is 1.77. The van der Waals surface area contributed by atoms with Crippen molar-refractivity contribution in [3.63, 3.8) is 0 Å². The summed E-state index contributed by atoms with van der Waals surface area (Å²) in [5, 5.41) is 17.7. The van der Waals surface area contributed by atoms with Gasteiger partial charge < -0.3 is 9.84 Å². The van der Waals surface area contributed by atoms with Crippen LogP contribution in [0.25, 0.3) is 0 Å². The Labute approximate surface area is 114 Å². The Kier molecular flexibility index (Phi) is 4.06. The summed E-state index contributed by atoms with van der Waals surface area (Å²) >= 11 is 11.9. The van der Waals surface area contributed by atoms with E-state index in [4.69, 9.17) is 27.9 Å². The maximum atomic E-state index is 9.24. The summed E-state index contributed by atoms with van der Waals surface area (Å²) in [6.45, 7) is 0.0261. The molecule has 2 aromatic rings. The van der Waals surface area contributed by atoms with Crippen LogP contribution in [-0.4, -0.2) is 20.1 Å². The van der Waals surface area contributed by atoms with Crippen molar-refractivity contribution in [2.75, 3.05) is 0 Å². The van der Waals surface area contributed by atoms with Gasteiger partial charge >= 0.3 is 0 Å². The summed E-state index contributed by atoms with van der Waals surface area (Å²) in [4.78, 5) is 0. The molecule has 0 saturated heterocycles. The molecule has 0 bridgehead atoms. The van der Waals surface area contributed by atoms with Crippen molar-refractivity contribution in [3.05, 3.63) is 39.6 Å². The Morgan fingerprint density at radius 2 is 2.17 bits per heavy atom. The van der Waals surface area contributed by atoms with E-state index in [9.17, 15) is 5.11 Å². The van der Waals surface area contributed by atoms with Crippen molar-refractivity contribution in [1.29, 1.82) is 0 Å². The van der Waals surface area contributed by atoms with Gasteiger partial charge in [0.05, 0.1) is 17.8 Å². The normalized spacial score (nSPS) is 10.7. The quantitative estimate of drug-likeness (QED) is 0.937. The topological polar surface area (TPSA) is 60.2 Å². The van der Waals surface area contributed by atoms with Gasteiger partial charge in [-0.2, -0.15) is 0 Å². The molecule has 0 atom stereocenters. The molecule has 0 aliphatic carbocycles. The fraction of sp³-hybridized carbons (Fsp3) is 0.273. The predicted octanol–water partition coefficient (Wildman–Crippen LogP) is 2.19. The van der Waals surface area contributed by atoms with Gasteiger partial charge in [-0.05, 0) is 12.1 Å². The first-order valence-corrected chi connectivity index (χ1v) is 5.92. The highest BCUT2D eigenvalue weighted by molar-refractivity contribution is 6.35. The van der Waals surface area contributed by atoms with Gasteiger partial charge in [0.1, 0.15) is 18.1 Å². The highest BCUT2D eigenvalue weighted by atomic mass is 35.5. The van der Waals surface area contributed by atoms with Crippen LogP contribution in [0.15, 0.2) is 18.3 Å². The number of aliphatic hydroxyl groups is 1. The van der Waals surface area contributed by atoms with Crippen LogP contribution >= 0.6 is 23.2 Å². The first-order valence-electron chi connectivity index (χ1n) is 5.17. The molecule has 1 heterocycles. The summed E-state index contributed by atoms with van der Waals surface area (Å²) in [5.41, 5.74) is 1.21. The summed E-state index contributed by atoms with van der Waals surface area (Å²) < 4.78 is 7.13. The maximum Gasteiger partial charge on any atom is 0.144 e. The minimum absolute atomic E-state index is 0.198. The van der Waals surface area contributed by atoms with E-state index in [1.165, 1.54) is 0 Å². The van der Waals surface area contributed by atoms with E-state index >= 15 is 0 Å². The largest absolute Gasteiger partial charge is 0.485 e. The number of aromatic nitrogens is 3. The zero-order chi connectivity index (χ0) is 13.1. The second-order valence-corrected chi connectivity index (χ2v) is 4.55. The highest BCUT2D eigenvalue weighted by Gasteiger charge is 2.11. The molecule has 0 aliphatic rings. The van der Waals surface area contributed by atoms with E-state index in [0.29, 0.717) is 27.1 Å². The number of benzene rings is 1. The van der Waals surface area contributed by atoms with Crippen molar-refractivity contribution >= 4 is 23.2 Å². The van der Waals surface area contributed by atoms with Crippen LogP contribution in [0, 0.1) is 0 Å². The standard InChI is InChI=1S/C11H11Cl2N3O2/c1-16-4-9(14-15-16)6-18-11-7(5-17)2-8(12)3-10(11)13/h2-4,17H,5-6H2,1H3. The van der Waals surface area contributed by atoms with E-state index in [2.05, 4.69) is 10.3 Å². The predicted molar refractivity (Wildman–Crippen MR) is 67.7 cm³/mol. The van der Waals surface area contributed by atoms with Gasteiger partial charge in [-0.3, -0.25) is 4.68 Å². The van der Waals surface area contributed by atoms with E-state index < -0.39 is 0 Å². The van der Waals surface area contributed by atoms with Gasteiger partial charge in [-0.15, -0.1) is 5.10 Å². The molecule has 7 heteroatoms. The molecule has 1 N–H and O–H groups in total. The molecule has 1 aromatic heterocycles. The maximum absolute atomic E-state index is 9.24. The SMILES string of the molecule is Cn1cc(COc2c(Cl)cc(Cl)cc2CO)nn1. The molecule has 96 valence electrons. The molecule has 0 spiro atoms. The van der Waals surface area contributed by atoms with Crippen molar-refractivity contribution in [1.82, 2.24) is 15.0 Å². The first-order chi connectivity index (χ1) is 8.60. The number of aliphatic hydroxyl groups excluding tert-OH is 1. The molecular formula is C11H11Cl2N3O2. The Hall–Kier alpha value is -1.30. The molecule has 0 unspecified atom stereocenters. The van der Waals surface area contributed by atoms with Crippen LogP contribution in [0.2, 0.25) is 10.0 Å². The minimum atomic E-state index is -0.198. The van der Waals surface area contributed by atoms with E-state index in [-0.39, 0.29) is 13.2 Å². The molecule has 5 nitrogen and oxygen atoms in total. The Morgan fingerprint density at radius 1 is 1.39 bits per heavy atom. The summed E-state index contributed by atoms with van der Waals surface area (Å²) in [6.07, 6.45) is 1.74. The molecular weight excluding hydrogens is 277 g/mol. The molecule has 0 fully saturated rings. The number of hydrogen-bond acceptors (Lipinski definition) is 4. The lowest BCUT2D eigenvalue weighted by Crippen LogP contribution is -2.00. The third-order valence-corrected chi connectivity index (χ3v) is 2.77. The number of nitrogens with zero attached hydrogens (tertiary/aromatic N) is 3. The Balaban J connectivity index is 2.18. The van der Waals surface area contributed by atoms with Gasteiger partial charge in [-0.1, -0.05) is 28.4 Å². The van der Waals surface area contributed by atoms with Crippen molar-refractivity contribution < 1.29 is 9.84 Å². The number of rotatable bonds is 4. The number of aryl methyl sites for hydroxylation is 1. The van der Waals surface area contributed by atoms with Crippen molar-refractivity contribution in [2.24, 2.45) is 7.05 Å². The van der Waals surface area contributed by atoms with Crippen LogP contribution in [0.3, 0.4) is 0 Å². The third-order valence-electron chi connectivity index (χ3n) is 2.27. The van der Waals surface area contributed by atoms with Crippen LogP contribution in [-0.2, 0) is 20.3 Å². The number of hydrogen-bond donors (Lipinski definition) is 1. The summed E-state index contributed by atoms with van der Waals surface area (Å²) in [6, 6.07) is 3.17. The van der Waals surface area contributed by atoms with Gasteiger partial charge in [0.25, 0.3) is 0 Å². The van der Waals surface area contributed by atoms with Gasteiger partial charge in [0.2, 0.25) is 0 Å². The van der Waals surface area contributed by atoms with Crippen molar-refractivity contribution in [3.8, 4) is 5.75 Å². The van der Waals surface area contributed by atoms with Crippen LogP contribution in [0.1, 0.15) is 11.3 Å². The smallest absolute Gasteiger partial charge is 0.144 e. The molecule has 0 aliphatic heterocycles. The van der Waals surface area contributed by atoms with E-state index in [1.54, 1.807) is 30.1 Å².